The van der Waals surface area contributed by atoms with Crippen LogP contribution >= 0.6 is 11.6 Å². The summed E-state index contributed by atoms with van der Waals surface area (Å²) in [6.07, 6.45) is 1.05. The first-order valence-electron chi connectivity index (χ1n) is 7.57. The van der Waals surface area contributed by atoms with Gasteiger partial charge in [0, 0.05) is 5.56 Å². The summed E-state index contributed by atoms with van der Waals surface area (Å²) in [4.78, 5) is 42.0. The van der Waals surface area contributed by atoms with Crippen molar-refractivity contribution in [2.45, 2.75) is 0 Å². The number of imide groups is 1. The monoisotopic (exact) mass is 386 g/mol. The quantitative estimate of drug-likeness (QED) is 0.640. The Labute approximate surface area is 155 Å². The molecule has 0 bridgehead atoms. The van der Waals surface area contributed by atoms with Crippen molar-refractivity contribution in [3.05, 3.63) is 76.2 Å². The van der Waals surface area contributed by atoms with Gasteiger partial charge in [-0.15, -0.1) is 0 Å². The molecular weight excluding hydrogens is 379 g/mol. The summed E-state index contributed by atoms with van der Waals surface area (Å²) in [5.74, 6) is -3.23. The Hall–Kier alpha value is -3.52. The molecule has 3 aromatic rings. The first kappa shape index (κ1) is 16.9. The fourth-order valence-corrected chi connectivity index (χ4v) is 2.89. The van der Waals surface area contributed by atoms with Gasteiger partial charge >= 0.3 is 5.97 Å². The maximum Gasteiger partial charge on any atom is 0.369 e. The molecule has 1 aliphatic rings. The van der Waals surface area contributed by atoms with Crippen LogP contribution in [0.15, 0.2) is 53.2 Å². The van der Waals surface area contributed by atoms with Gasteiger partial charge in [-0.25, -0.2) is 9.18 Å². The lowest BCUT2D eigenvalue weighted by Gasteiger charge is -2.12. The van der Waals surface area contributed by atoms with E-state index in [4.69, 9.17) is 21.0 Å². The molecule has 1 aromatic heterocycles. The maximum atomic E-state index is 13.2. The molecule has 2 amide bonds. The summed E-state index contributed by atoms with van der Waals surface area (Å²) in [5, 5.41) is 3.88. The lowest BCUT2D eigenvalue weighted by atomic mass is 10.1. The molecule has 27 heavy (non-hydrogen) atoms. The zero-order valence-corrected chi connectivity index (χ0v) is 14.1. The Bertz CT molecular complexity index is 1080. The Morgan fingerprint density at radius 3 is 2.37 bits per heavy atom. The van der Waals surface area contributed by atoms with Gasteiger partial charge in [-0.2, -0.15) is 0 Å². The van der Waals surface area contributed by atoms with Crippen molar-refractivity contribution >= 4 is 29.4 Å². The highest BCUT2D eigenvalue weighted by Gasteiger charge is 2.39. The van der Waals surface area contributed by atoms with Crippen LogP contribution in [-0.2, 0) is 4.84 Å². The summed E-state index contributed by atoms with van der Waals surface area (Å²) in [5.41, 5.74) is 0.273. The van der Waals surface area contributed by atoms with Crippen molar-refractivity contribution in [1.82, 2.24) is 10.2 Å². The zero-order valence-electron chi connectivity index (χ0n) is 13.3. The van der Waals surface area contributed by atoms with Crippen molar-refractivity contribution in [1.29, 1.82) is 0 Å². The normalized spacial score (nSPS) is 13.0. The number of fused-ring (bicyclic) bond motifs is 1. The van der Waals surface area contributed by atoms with E-state index in [9.17, 15) is 18.8 Å². The molecule has 0 radical (unpaired) electrons. The predicted molar refractivity (Wildman–Crippen MR) is 89.3 cm³/mol. The minimum atomic E-state index is -1.05. The second kappa shape index (κ2) is 6.33. The highest BCUT2D eigenvalue weighted by atomic mass is 35.5. The molecule has 0 aliphatic carbocycles. The largest absolute Gasteiger partial charge is 0.369 e. The van der Waals surface area contributed by atoms with E-state index in [-0.39, 0.29) is 33.0 Å². The minimum Gasteiger partial charge on any atom is -0.355 e. The van der Waals surface area contributed by atoms with Crippen molar-refractivity contribution < 1.29 is 28.1 Å². The van der Waals surface area contributed by atoms with Gasteiger partial charge in [-0.1, -0.05) is 34.0 Å². The van der Waals surface area contributed by atoms with Gasteiger partial charge < -0.3 is 9.36 Å². The standard InChI is InChI=1S/C18H8ClFN2O5/c19-14-7-9(20)5-6-12(14)15-13(8-21-26-15)18(25)27-22-16(23)10-3-1-2-4-11(10)17(22)24/h1-8H. The second-order valence-electron chi connectivity index (χ2n) is 5.52. The fraction of sp³-hybridized carbons (Fsp3) is 0. The van der Waals surface area contributed by atoms with E-state index in [1.165, 1.54) is 18.2 Å². The van der Waals surface area contributed by atoms with Crippen molar-refractivity contribution in [3.63, 3.8) is 0 Å². The number of hydrogen-bond acceptors (Lipinski definition) is 6. The highest BCUT2D eigenvalue weighted by Crippen LogP contribution is 2.32. The average molecular weight is 387 g/mol. The molecule has 0 N–H and O–H groups in total. The molecule has 2 aromatic carbocycles. The number of nitrogens with zero attached hydrogens (tertiary/aromatic N) is 2. The van der Waals surface area contributed by atoms with E-state index in [0.29, 0.717) is 5.06 Å². The maximum absolute atomic E-state index is 13.2. The van der Waals surface area contributed by atoms with E-state index in [1.54, 1.807) is 12.1 Å². The van der Waals surface area contributed by atoms with Gasteiger partial charge in [0.1, 0.15) is 11.4 Å². The van der Waals surface area contributed by atoms with Gasteiger partial charge in [-0.05, 0) is 30.3 Å². The third kappa shape index (κ3) is 2.76. The molecule has 9 heteroatoms. The lowest BCUT2D eigenvalue weighted by Crippen LogP contribution is -2.32. The second-order valence-corrected chi connectivity index (χ2v) is 5.93. The van der Waals surface area contributed by atoms with Crippen LogP contribution < -0.4 is 0 Å². The molecule has 0 atom stereocenters. The third-order valence-corrected chi connectivity index (χ3v) is 4.21. The van der Waals surface area contributed by atoms with E-state index >= 15 is 0 Å². The molecule has 1 aliphatic heterocycles. The minimum absolute atomic E-state index is 0.0125. The molecule has 2 heterocycles. The van der Waals surface area contributed by atoms with Crippen LogP contribution in [0, 0.1) is 5.82 Å². The Balaban J connectivity index is 1.64. The SMILES string of the molecule is O=C(ON1C(=O)c2ccccc2C1=O)c1cnoc1-c1ccc(F)cc1Cl. The lowest BCUT2D eigenvalue weighted by molar-refractivity contribution is -0.0584. The summed E-state index contributed by atoms with van der Waals surface area (Å²) in [7, 11) is 0. The topological polar surface area (TPSA) is 89.7 Å². The van der Waals surface area contributed by atoms with Gasteiger partial charge in [0.25, 0.3) is 11.8 Å². The van der Waals surface area contributed by atoms with E-state index < -0.39 is 23.6 Å². The van der Waals surface area contributed by atoms with E-state index in [0.717, 1.165) is 18.3 Å². The van der Waals surface area contributed by atoms with E-state index in [2.05, 4.69) is 5.16 Å². The molecule has 0 saturated heterocycles. The third-order valence-electron chi connectivity index (χ3n) is 3.90. The first-order chi connectivity index (χ1) is 13.0. The van der Waals surface area contributed by atoms with Crippen molar-refractivity contribution in [2.75, 3.05) is 0 Å². The van der Waals surface area contributed by atoms with Crippen LogP contribution in [-0.4, -0.2) is 28.0 Å². The molecule has 0 unspecified atom stereocenters. The summed E-state index contributed by atoms with van der Waals surface area (Å²) < 4.78 is 18.3. The van der Waals surface area contributed by atoms with Crippen LogP contribution in [0.4, 0.5) is 4.39 Å². The predicted octanol–water partition coefficient (Wildman–Crippen LogP) is 3.50. The van der Waals surface area contributed by atoms with Crippen molar-refractivity contribution in [3.8, 4) is 11.3 Å². The van der Waals surface area contributed by atoms with E-state index in [1.807, 2.05) is 0 Å². The van der Waals surface area contributed by atoms with Gasteiger partial charge in [0.05, 0.1) is 22.3 Å². The van der Waals surface area contributed by atoms with Crippen LogP contribution in [0.2, 0.25) is 5.02 Å². The fourth-order valence-electron chi connectivity index (χ4n) is 2.63. The highest BCUT2D eigenvalue weighted by molar-refractivity contribution is 6.33. The molecule has 7 nitrogen and oxygen atoms in total. The molecule has 0 saturated carbocycles. The zero-order chi connectivity index (χ0) is 19.1. The number of aromatic nitrogens is 1. The Kier molecular flexibility index (Phi) is 3.97. The Morgan fingerprint density at radius 2 is 1.74 bits per heavy atom. The number of halogens is 2. The number of rotatable bonds is 3. The average Bonchev–Trinajstić information content (AvgIpc) is 3.22. The van der Waals surface area contributed by atoms with Crippen LogP contribution in [0.5, 0.6) is 0 Å². The number of carbonyl (C=O) groups excluding carboxylic acids is 3. The number of benzene rings is 2. The van der Waals surface area contributed by atoms with Crippen molar-refractivity contribution in [2.24, 2.45) is 0 Å². The molecular formula is C18H8ClFN2O5. The number of hydrogen-bond donors (Lipinski definition) is 0. The van der Waals surface area contributed by atoms with Gasteiger partial charge in [-0.3, -0.25) is 9.59 Å². The molecule has 4 rings (SSSR count). The van der Waals surface area contributed by atoms with Crippen LogP contribution in [0.25, 0.3) is 11.3 Å². The van der Waals surface area contributed by atoms with Gasteiger partial charge in [0.2, 0.25) is 0 Å². The number of hydroxylamine groups is 2. The summed E-state index contributed by atoms with van der Waals surface area (Å²) in [6.45, 7) is 0. The van der Waals surface area contributed by atoms with Gasteiger partial charge in [0.15, 0.2) is 5.76 Å². The number of amides is 2. The summed E-state index contributed by atoms with van der Waals surface area (Å²) >= 11 is 5.98. The van der Waals surface area contributed by atoms with Crippen LogP contribution in [0.3, 0.4) is 0 Å². The Morgan fingerprint density at radius 1 is 1.07 bits per heavy atom. The molecule has 134 valence electrons. The number of carbonyl (C=O) groups is 3. The molecule has 0 spiro atoms. The molecule has 0 fully saturated rings. The summed E-state index contributed by atoms with van der Waals surface area (Å²) in [6, 6.07) is 9.55. The smallest absolute Gasteiger partial charge is 0.355 e. The van der Waals surface area contributed by atoms with Crippen LogP contribution in [0.1, 0.15) is 31.1 Å². The first-order valence-corrected chi connectivity index (χ1v) is 7.95.